The summed E-state index contributed by atoms with van der Waals surface area (Å²) in [7, 11) is 0. The third kappa shape index (κ3) is 5.06. The lowest BCUT2D eigenvalue weighted by Gasteiger charge is -2.35. The Morgan fingerprint density at radius 1 is 1.15 bits per heavy atom. The molecule has 4 heterocycles. The maximum Gasteiger partial charge on any atom is 0.251 e. The normalized spacial score (nSPS) is 31.6. The lowest BCUT2D eigenvalue weighted by atomic mass is 9.75. The zero-order valence-electron chi connectivity index (χ0n) is 20.1. The van der Waals surface area contributed by atoms with E-state index in [0.29, 0.717) is 24.0 Å². The molecule has 3 aliphatic rings. The van der Waals surface area contributed by atoms with Gasteiger partial charge in [0.05, 0.1) is 23.3 Å². The number of nitrogens with zero attached hydrogens (tertiary/aromatic N) is 4. The number of nitrogens with two attached hydrogens (primary N) is 1. The van der Waals surface area contributed by atoms with E-state index < -0.39 is 0 Å². The highest BCUT2D eigenvalue weighted by molar-refractivity contribution is 5.79. The number of imidazole rings is 1. The Balaban J connectivity index is 1.44. The van der Waals surface area contributed by atoms with Crippen LogP contribution in [0, 0.1) is 17.8 Å². The maximum atomic E-state index is 12.6. The van der Waals surface area contributed by atoms with Crippen LogP contribution in [-0.2, 0) is 22.4 Å². The second-order valence-electron chi connectivity index (χ2n) is 11.0. The van der Waals surface area contributed by atoms with E-state index >= 15 is 0 Å². The average Bonchev–Trinajstić information content (AvgIpc) is 3.19. The summed E-state index contributed by atoms with van der Waals surface area (Å²) in [6.07, 6.45) is 10.6. The predicted molar refractivity (Wildman–Crippen MR) is 126 cm³/mol. The van der Waals surface area contributed by atoms with Crippen LogP contribution >= 0.6 is 0 Å². The van der Waals surface area contributed by atoms with E-state index in [-0.39, 0.29) is 17.4 Å². The number of nitrogens with one attached hydrogen (secondary N) is 1. The minimum atomic E-state index is -0.187. The largest absolute Gasteiger partial charge is 0.381 e. The van der Waals surface area contributed by atoms with Crippen molar-refractivity contribution >= 4 is 11.7 Å². The average molecular weight is 455 g/mol. The van der Waals surface area contributed by atoms with Crippen molar-refractivity contribution in [3.8, 4) is 0 Å². The molecular weight excluding hydrogens is 416 g/mol. The summed E-state index contributed by atoms with van der Waals surface area (Å²) in [6.45, 7) is 6.75. The summed E-state index contributed by atoms with van der Waals surface area (Å²) in [6, 6.07) is 0. The first-order valence-electron chi connectivity index (χ1n) is 12.8. The number of amides is 1. The van der Waals surface area contributed by atoms with Crippen molar-refractivity contribution in [2.45, 2.75) is 83.1 Å². The Kier molecular flexibility index (Phi) is 6.40. The highest BCUT2D eigenvalue weighted by Crippen LogP contribution is 2.33. The molecule has 180 valence electrons. The number of carbonyl (C=O) groups excluding carboxylic acids is 1. The molecule has 1 saturated carbocycles. The van der Waals surface area contributed by atoms with Crippen LogP contribution in [0.5, 0.6) is 0 Å². The van der Waals surface area contributed by atoms with Gasteiger partial charge >= 0.3 is 0 Å². The zero-order chi connectivity index (χ0) is 23.0. The summed E-state index contributed by atoms with van der Waals surface area (Å²) in [5.74, 6) is 2.26. The second-order valence-corrected chi connectivity index (χ2v) is 11.0. The summed E-state index contributed by atoms with van der Waals surface area (Å²) in [4.78, 5) is 22.4. The van der Waals surface area contributed by atoms with Crippen LogP contribution in [0.1, 0.15) is 81.8 Å². The van der Waals surface area contributed by atoms with E-state index in [1.807, 2.05) is 10.7 Å². The van der Waals surface area contributed by atoms with Gasteiger partial charge in [-0.15, -0.1) is 0 Å². The van der Waals surface area contributed by atoms with Gasteiger partial charge in [0, 0.05) is 50.0 Å². The molecule has 0 bridgehead atoms. The molecule has 8 heteroatoms. The summed E-state index contributed by atoms with van der Waals surface area (Å²) in [5, 5.41) is 8.04. The second kappa shape index (κ2) is 9.29. The minimum absolute atomic E-state index is 0.0568. The molecule has 5 rings (SSSR count). The smallest absolute Gasteiger partial charge is 0.251 e. The third-order valence-corrected chi connectivity index (χ3v) is 8.00. The van der Waals surface area contributed by atoms with Crippen molar-refractivity contribution < 1.29 is 9.53 Å². The van der Waals surface area contributed by atoms with Crippen molar-refractivity contribution in [2.75, 3.05) is 19.8 Å². The van der Waals surface area contributed by atoms with Crippen LogP contribution in [-0.4, -0.2) is 50.8 Å². The molecule has 2 saturated heterocycles. The molecule has 2 atom stereocenters. The molecule has 1 amide bonds. The predicted octanol–water partition coefficient (Wildman–Crippen LogP) is 2.78. The fraction of sp³-hybridized carbons (Fsp3) is 0.760. The van der Waals surface area contributed by atoms with Gasteiger partial charge in [-0.3, -0.25) is 4.79 Å². The Morgan fingerprint density at radius 2 is 1.91 bits per heavy atom. The van der Waals surface area contributed by atoms with E-state index in [1.54, 1.807) is 0 Å². The monoisotopic (exact) mass is 454 g/mol. The molecule has 3 N–H and O–H groups in total. The first kappa shape index (κ1) is 22.7. The lowest BCUT2D eigenvalue weighted by molar-refractivity contribution is -0.127. The van der Waals surface area contributed by atoms with Gasteiger partial charge in [0.2, 0.25) is 5.91 Å². The molecule has 0 radical (unpaired) electrons. The van der Waals surface area contributed by atoms with E-state index in [4.69, 9.17) is 25.5 Å². The Bertz CT molecular complexity index is 990. The molecule has 0 spiro atoms. The molecule has 1 aliphatic carbocycles. The number of hydrogen-bond acceptors (Lipinski definition) is 6. The van der Waals surface area contributed by atoms with E-state index in [0.717, 1.165) is 81.3 Å². The Hall–Kier alpha value is -2.06. The van der Waals surface area contributed by atoms with E-state index in [9.17, 15) is 4.79 Å². The van der Waals surface area contributed by atoms with Crippen LogP contribution in [0.4, 0.5) is 0 Å². The van der Waals surface area contributed by atoms with Crippen molar-refractivity contribution in [1.82, 2.24) is 24.9 Å². The Morgan fingerprint density at radius 3 is 2.67 bits per heavy atom. The lowest BCUT2D eigenvalue weighted by Crippen LogP contribution is -2.45. The van der Waals surface area contributed by atoms with Crippen LogP contribution in [0.2, 0.25) is 0 Å². The summed E-state index contributed by atoms with van der Waals surface area (Å²) in [5.41, 5.74) is 9.47. The molecule has 0 aromatic carbocycles. The number of piperidine rings is 1. The molecule has 0 unspecified atom stereocenters. The van der Waals surface area contributed by atoms with Crippen molar-refractivity contribution in [3.05, 3.63) is 23.3 Å². The van der Waals surface area contributed by atoms with Gasteiger partial charge in [0.15, 0.2) is 0 Å². The quantitative estimate of drug-likeness (QED) is 0.719. The highest BCUT2D eigenvalue weighted by Gasteiger charge is 2.33. The fourth-order valence-electron chi connectivity index (χ4n) is 5.82. The third-order valence-electron chi connectivity index (χ3n) is 8.00. The topological polar surface area (TPSA) is 107 Å². The Labute approximate surface area is 196 Å². The summed E-state index contributed by atoms with van der Waals surface area (Å²) < 4.78 is 7.40. The molecular formula is C25H38N6O2. The van der Waals surface area contributed by atoms with Gasteiger partial charge in [-0.2, -0.15) is 5.10 Å². The van der Waals surface area contributed by atoms with Gasteiger partial charge in [0.25, 0.3) is 5.78 Å². The number of hydrogen-bond donors (Lipinski definition) is 2. The van der Waals surface area contributed by atoms with E-state index in [2.05, 4.69) is 19.2 Å². The molecule has 2 aromatic heterocycles. The number of ether oxygens (including phenoxy) is 1. The van der Waals surface area contributed by atoms with Gasteiger partial charge < -0.3 is 15.8 Å². The fourth-order valence-corrected chi connectivity index (χ4v) is 5.82. The van der Waals surface area contributed by atoms with E-state index in [1.165, 1.54) is 12.8 Å². The molecule has 2 aromatic rings. The zero-order valence-corrected chi connectivity index (χ0v) is 20.1. The number of carbonyl (C=O) groups is 1. The van der Waals surface area contributed by atoms with Crippen molar-refractivity contribution in [3.63, 3.8) is 0 Å². The maximum absolute atomic E-state index is 12.6. The van der Waals surface area contributed by atoms with Gasteiger partial charge in [-0.25, -0.2) is 14.5 Å². The molecule has 33 heavy (non-hydrogen) atoms. The van der Waals surface area contributed by atoms with Crippen LogP contribution in [0.25, 0.3) is 5.78 Å². The van der Waals surface area contributed by atoms with Crippen molar-refractivity contribution in [2.24, 2.45) is 23.5 Å². The number of rotatable bonds is 5. The summed E-state index contributed by atoms with van der Waals surface area (Å²) >= 11 is 0. The van der Waals surface area contributed by atoms with Gasteiger partial charge in [0.1, 0.15) is 0 Å². The van der Waals surface area contributed by atoms with Crippen LogP contribution < -0.4 is 11.1 Å². The number of fused-ring (bicyclic) bond motifs is 1. The van der Waals surface area contributed by atoms with Gasteiger partial charge in [-0.05, 0) is 56.8 Å². The van der Waals surface area contributed by atoms with Gasteiger partial charge in [-0.1, -0.05) is 13.8 Å². The standard InChI is InChI=1S/C25H38N6O2/c1-16-3-7-25(26,8-4-16)13-20-15-31-24(28-20)29-22(18-5-9-33-10-6-18)21(30-31)12-19-11-17(2)14-27-23(19)32/h15-19H,3-14,26H2,1-2H3,(H,27,32)/t16?,17-,19+,25?/m0/s1. The SMILES string of the molecule is CC1CCC(N)(Cc2cn3nc(C[C@H]4C[C@H](C)CNC4=O)c(C4CCOCC4)nc3n2)CC1. The minimum Gasteiger partial charge on any atom is -0.381 e. The molecule has 3 fully saturated rings. The highest BCUT2D eigenvalue weighted by atomic mass is 16.5. The molecule has 8 nitrogen and oxygen atoms in total. The first-order chi connectivity index (χ1) is 15.9. The molecule has 2 aliphatic heterocycles. The van der Waals surface area contributed by atoms with Crippen LogP contribution in [0.3, 0.4) is 0 Å². The van der Waals surface area contributed by atoms with Crippen LogP contribution in [0.15, 0.2) is 6.20 Å². The first-order valence-corrected chi connectivity index (χ1v) is 12.8. The number of aromatic nitrogens is 4. The van der Waals surface area contributed by atoms with Crippen molar-refractivity contribution in [1.29, 1.82) is 0 Å².